The van der Waals surface area contributed by atoms with Crippen molar-refractivity contribution in [2.75, 3.05) is 11.9 Å². The van der Waals surface area contributed by atoms with Gasteiger partial charge in [-0.05, 0) is 12.1 Å². The Bertz CT molecular complexity index is 511. The van der Waals surface area contributed by atoms with Crippen molar-refractivity contribution >= 4 is 22.6 Å². The minimum absolute atomic E-state index is 0.104. The first kappa shape index (κ1) is 10.4. The maximum absolute atomic E-state index is 10.3. The van der Waals surface area contributed by atoms with Crippen molar-refractivity contribution in [1.82, 2.24) is 4.98 Å². The van der Waals surface area contributed by atoms with Crippen LogP contribution in [0.25, 0.3) is 10.9 Å². The number of anilines is 1. The molecule has 1 aromatic carbocycles. The summed E-state index contributed by atoms with van der Waals surface area (Å²) in [5.74, 6) is -0.804. The molecule has 0 saturated carbocycles. The third kappa shape index (κ3) is 2.48. The van der Waals surface area contributed by atoms with Crippen molar-refractivity contribution < 1.29 is 9.90 Å². The van der Waals surface area contributed by atoms with E-state index >= 15 is 0 Å². The molecule has 2 rings (SSSR count). The van der Waals surface area contributed by atoms with E-state index in [0.29, 0.717) is 6.54 Å². The van der Waals surface area contributed by atoms with Crippen molar-refractivity contribution in [1.29, 1.82) is 0 Å². The SMILES string of the molecule is O=C(O)CCNc1cnc2ccccc2c1. The first-order valence-electron chi connectivity index (χ1n) is 5.06. The quantitative estimate of drug-likeness (QED) is 0.821. The lowest BCUT2D eigenvalue weighted by atomic mass is 10.2. The Hall–Kier alpha value is -2.10. The molecule has 0 spiro atoms. The number of hydrogen-bond acceptors (Lipinski definition) is 3. The van der Waals surface area contributed by atoms with Gasteiger partial charge in [-0.1, -0.05) is 18.2 Å². The monoisotopic (exact) mass is 216 g/mol. The number of fused-ring (bicyclic) bond motifs is 1. The van der Waals surface area contributed by atoms with Gasteiger partial charge in [0.1, 0.15) is 0 Å². The summed E-state index contributed by atoms with van der Waals surface area (Å²) in [6.07, 6.45) is 1.82. The predicted molar refractivity (Wildman–Crippen MR) is 62.5 cm³/mol. The van der Waals surface area contributed by atoms with Gasteiger partial charge in [-0.25, -0.2) is 0 Å². The van der Waals surface area contributed by atoms with Crippen molar-refractivity contribution in [3.05, 3.63) is 36.5 Å². The fourth-order valence-electron chi connectivity index (χ4n) is 1.48. The fraction of sp³-hybridized carbons (Fsp3) is 0.167. The molecule has 2 aromatic rings. The number of carboxylic acid groups (broad SMARTS) is 1. The Kier molecular flexibility index (Phi) is 3.00. The standard InChI is InChI=1S/C12H12N2O2/c15-12(16)5-6-13-10-7-9-3-1-2-4-11(9)14-8-10/h1-4,7-8,13H,5-6H2,(H,15,16). The minimum atomic E-state index is -0.804. The Labute approximate surface area is 92.9 Å². The van der Waals surface area contributed by atoms with Crippen LogP contribution in [0.2, 0.25) is 0 Å². The van der Waals surface area contributed by atoms with Gasteiger partial charge in [0.25, 0.3) is 0 Å². The highest BCUT2D eigenvalue weighted by molar-refractivity contribution is 5.81. The predicted octanol–water partition coefficient (Wildman–Crippen LogP) is 2.12. The lowest BCUT2D eigenvalue weighted by Crippen LogP contribution is -2.07. The molecule has 0 fully saturated rings. The van der Waals surface area contributed by atoms with E-state index < -0.39 is 5.97 Å². The minimum Gasteiger partial charge on any atom is -0.481 e. The molecule has 0 saturated heterocycles. The molecule has 0 aliphatic heterocycles. The van der Waals surface area contributed by atoms with Gasteiger partial charge in [0, 0.05) is 11.9 Å². The Balaban J connectivity index is 2.10. The molecule has 1 heterocycles. The maximum Gasteiger partial charge on any atom is 0.305 e. The Morgan fingerprint density at radius 2 is 2.19 bits per heavy atom. The topological polar surface area (TPSA) is 62.2 Å². The number of hydrogen-bond donors (Lipinski definition) is 2. The number of benzene rings is 1. The molecule has 0 atom stereocenters. The van der Waals surface area contributed by atoms with Gasteiger partial charge in [0.2, 0.25) is 0 Å². The second kappa shape index (κ2) is 4.61. The van der Waals surface area contributed by atoms with Gasteiger partial charge in [0.15, 0.2) is 0 Å². The number of aromatic nitrogens is 1. The number of para-hydroxylation sites is 1. The van der Waals surface area contributed by atoms with Crippen molar-refractivity contribution in [3.63, 3.8) is 0 Å². The van der Waals surface area contributed by atoms with Crippen molar-refractivity contribution in [3.8, 4) is 0 Å². The number of carboxylic acids is 1. The molecule has 0 bridgehead atoms. The van der Waals surface area contributed by atoms with E-state index in [2.05, 4.69) is 10.3 Å². The fourth-order valence-corrected chi connectivity index (χ4v) is 1.48. The average Bonchev–Trinajstić information content (AvgIpc) is 2.28. The normalized spacial score (nSPS) is 10.2. The molecule has 0 aliphatic rings. The zero-order valence-corrected chi connectivity index (χ0v) is 8.68. The molecule has 0 aliphatic carbocycles. The summed E-state index contributed by atoms with van der Waals surface area (Å²) >= 11 is 0. The number of rotatable bonds is 4. The third-order valence-electron chi connectivity index (χ3n) is 2.26. The van der Waals surface area contributed by atoms with Crippen LogP contribution in [0.1, 0.15) is 6.42 Å². The van der Waals surface area contributed by atoms with Gasteiger partial charge in [-0.15, -0.1) is 0 Å². The molecule has 4 nitrogen and oxygen atoms in total. The highest BCUT2D eigenvalue weighted by Crippen LogP contribution is 2.15. The number of nitrogens with zero attached hydrogens (tertiary/aromatic N) is 1. The van der Waals surface area contributed by atoms with Crippen LogP contribution in [-0.4, -0.2) is 22.6 Å². The van der Waals surface area contributed by atoms with Crippen molar-refractivity contribution in [2.24, 2.45) is 0 Å². The Morgan fingerprint density at radius 3 is 3.00 bits per heavy atom. The van der Waals surface area contributed by atoms with Crippen LogP contribution >= 0.6 is 0 Å². The van der Waals surface area contributed by atoms with E-state index in [1.54, 1.807) is 6.20 Å². The average molecular weight is 216 g/mol. The smallest absolute Gasteiger partial charge is 0.305 e. The molecule has 1 aromatic heterocycles. The van der Waals surface area contributed by atoms with Crippen LogP contribution < -0.4 is 5.32 Å². The first-order chi connectivity index (χ1) is 7.75. The summed E-state index contributed by atoms with van der Waals surface area (Å²) in [5, 5.41) is 12.6. The molecular weight excluding hydrogens is 204 g/mol. The molecule has 82 valence electrons. The second-order valence-corrected chi connectivity index (χ2v) is 3.49. The third-order valence-corrected chi connectivity index (χ3v) is 2.26. The van der Waals surface area contributed by atoms with Gasteiger partial charge < -0.3 is 10.4 Å². The van der Waals surface area contributed by atoms with E-state index in [1.165, 1.54) is 0 Å². The van der Waals surface area contributed by atoms with Crippen LogP contribution in [-0.2, 0) is 4.79 Å². The number of aliphatic carboxylic acids is 1. The van der Waals surface area contributed by atoms with Gasteiger partial charge >= 0.3 is 5.97 Å². The van der Waals surface area contributed by atoms with Crippen molar-refractivity contribution in [2.45, 2.75) is 6.42 Å². The summed E-state index contributed by atoms with van der Waals surface area (Å²) in [6, 6.07) is 9.77. The maximum atomic E-state index is 10.3. The number of nitrogens with one attached hydrogen (secondary N) is 1. The van der Waals surface area contributed by atoms with E-state index in [9.17, 15) is 4.79 Å². The first-order valence-corrected chi connectivity index (χ1v) is 5.06. The summed E-state index contributed by atoms with van der Waals surface area (Å²) in [7, 11) is 0. The summed E-state index contributed by atoms with van der Waals surface area (Å²) in [4.78, 5) is 14.6. The molecule has 0 radical (unpaired) electrons. The summed E-state index contributed by atoms with van der Waals surface area (Å²) < 4.78 is 0. The van der Waals surface area contributed by atoms with Gasteiger partial charge in [-0.3, -0.25) is 9.78 Å². The lowest BCUT2D eigenvalue weighted by Gasteiger charge is -2.05. The van der Waals surface area contributed by atoms with E-state index in [-0.39, 0.29) is 6.42 Å². The lowest BCUT2D eigenvalue weighted by molar-refractivity contribution is -0.136. The van der Waals surface area contributed by atoms with E-state index in [1.807, 2.05) is 30.3 Å². The molecule has 0 unspecified atom stereocenters. The molecule has 0 amide bonds. The van der Waals surface area contributed by atoms with Gasteiger partial charge in [-0.2, -0.15) is 0 Å². The van der Waals surface area contributed by atoms with Crippen LogP contribution in [0.5, 0.6) is 0 Å². The molecular formula is C12H12N2O2. The summed E-state index contributed by atoms with van der Waals surface area (Å²) in [5.41, 5.74) is 1.78. The zero-order chi connectivity index (χ0) is 11.4. The van der Waals surface area contributed by atoms with Gasteiger partial charge in [0.05, 0.1) is 23.8 Å². The van der Waals surface area contributed by atoms with Crippen LogP contribution in [0.4, 0.5) is 5.69 Å². The highest BCUT2D eigenvalue weighted by atomic mass is 16.4. The van der Waals surface area contributed by atoms with Crippen LogP contribution in [0, 0.1) is 0 Å². The number of pyridine rings is 1. The van der Waals surface area contributed by atoms with E-state index in [4.69, 9.17) is 5.11 Å². The van der Waals surface area contributed by atoms with Crippen LogP contribution in [0.3, 0.4) is 0 Å². The molecule has 16 heavy (non-hydrogen) atoms. The molecule has 4 heteroatoms. The zero-order valence-electron chi connectivity index (χ0n) is 8.68. The largest absolute Gasteiger partial charge is 0.481 e. The summed E-state index contributed by atoms with van der Waals surface area (Å²) in [6.45, 7) is 0.412. The van der Waals surface area contributed by atoms with Crippen LogP contribution in [0.15, 0.2) is 36.5 Å². The Morgan fingerprint density at radius 1 is 1.38 bits per heavy atom. The second-order valence-electron chi connectivity index (χ2n) is 3.49. The highest BCUT2D eigenvalue weighted by Gasteiger charge is 1.98. The molecule has 2 N–H and O–H groups in total. The number of carbonyl (C=O) groups is 1. The van der Waals surface area contributed by atoms with E-state index in [0.717, 1.165) is 16.6 Å².